The van der Waals surface area contributed by atoms with E-state index >= 15 is 0 Å². The summed E-state index contributed by atoms with van der Waals surface area (Å²) in [5.74, 6) is -1.20. The van der Waals surface area contributed by atoms with Crippen LogP contribution in [0.5, 0.6) is 0 Å². The standard InChI is InChI=1S/C13H24N2O5/c1-13(2,3)20-12(19)15-8-6-14(7-9-15)5-4-10(16)11(17)18/h10,16H,4-9H2,1-3H3,(H,17,18). The highest BCUT2D eigenvalue weighted by atomic mass is 16.6. The molecule has 1 amide bonds. The smallest absolute Gasteiger partial charge is 0.410 e. The Morgan fingerprint density at radius 1 is 1.20 bits per heavy atom. The van der Waals surface area contributed by atoms with Crippen LogP contribution in [-0.2, 0) is 9.53 Å². The van der Waals surface area contributed by atoms with Crippen LogP contribution in [0, 0.1) is 0 Å². The molecule has 1 atom stereocenters. The van der Waals surface area contributed by atoms with Gasteiger partial charge >= 0.3 is 12.1 Å². The fourth-order valence-corrected chi connectivity index (χ4v) is 1.91. The third-order valence-electron chi connectivity index (χ3n) is 3.03. The summed E-state index contributed by atoms with van der Waals surface area (Å²) in [5.41, 5.74) is -0.500. The minimum absolute atomic E-state index is 0.196. The van der Waals surface area contributed by atoms with Gasteiger partial charge in [0.2, 0.25) is 0 Å². The topological polar surface area (TPSA) is 90.3 Å². The molecule has 116 valence electrons. The summed E-state index contributed by atoms with van der Waals surface area (Å²) in [5, 5.41) is 17.8. The second kappa shape index (κ2) is 6.90. The first-order valence-electron chi connectivity index (χ1n) is 6.80. The molecule has 0 bridgehead atoms. The number of ether oxygens (including phenoxy) is 1. The molecule has 7 nitrogen and oxygen atoms in total. The normalized spacial score (nSPS) is 18.7. The maximum atomic E-state index is 11.8. The number of amides is 1. The summed E-state index contributed by atoms with van der Waals surface area (Å²) in [7, 11) is 0. The van der Waals surface area contributed by atoms with Gasteiger partial charge in [-0.05, 0) is 27.2 Å². The van der Waals surface area contributed by atoms with E-state index in [0.717, 1.165) is 0 Å². The van der Waals surface area contributed by atoms with Gasteiger partial charge in [0.1, 0.15) is 5.60 Å². The van der Waals surface area contributed by atoms with Gasteiger partial charge in [-0.2, -0.15) is 0 Å². The van der Waals surface area contributed by atoms with E-state index in [1.54, 1.807) is 4.90 Å². The molecule has 0 saturated carbocycles. The Morgan fingerprint density at radius 2 is 1.75 bits per heavy atom. The molecule has 0 aromatic rings. The van der Waals surface area contributed by atoms with Crippen LogP contribution in [0.1, 0.15) is 27.2 Å². The Balaban J connectivity index is 2.29. The lowest BCUT2D eigenvalue weighted by atomic mass is 10.2. The van der Waals surface area contributed by atoms with Gasteiger partial charge in [-0.3, -0.25) is 4.90 Å². The molecule has 1 aliphatic rings. The fourth-order valence-electron chi connectivity index (χ4n) is 1.91. The van der Waals surface area contributed by atoms with Crippen molar-refractivity contribution in [3.8, 4) is 0 Å². The van der Waals surface area contributed by atoms with Crippen LogP contribution in [-0.4, -0.2) is 76.5 Å². The molecule has 20 heavy (non-hydrogen) atoms. The Morgan fingerprint density at radius 3 is 2.20 bits per heavy atom. The van der Waals surface area contributed by atoms with Crippen molar-refractivity contribution < 1.29 is 24.5 Å². The lowest BCUT2D eigenvalue weighted by molar-refractivity contribution is -0.147. The zero-order valence-corrected chi connectivity index (χ0v) is 12.3. The van der Waals surface area contributed by atoms with E-state index in [1.807, 2.05) is 25.7 Å². The molecule has 1 fully saturated rings. The molecule has 1 rings (SSSR count). The number of rotatable bonds is 4. The number of carbonyl (C=O) groups is 2. The van der Waals surface area contributed by atoms with Crippen molar-refractivity contribution in [2.24, 2.45) is 0 Å². The van der Waals surface area contributed by atoms with Crippen LogP contribution in [0.4, 0.5) is 4.79 Å². The number of piperazine rings is 1. The van der Waals surface area contributed by atoms with Crippen LogP contribution in [0.15, 0.2) is 0 Å². The number of carboxylic acids is 1. The molecule has 2 N–H and O–H groups in total. The van der Waals surface area contributed by atoms with Gasteiger partial charge in [0, 0.05) is 32.7 Å². The second-order valence-electron chi connectivity index (χ2n) is 5.95. The molecule has 1 saturated heterocycles. The maximum Gasteiger partial charge on any atom is 0.410 e. The summed E-state index contributed by atoms with van der Waals surface area (Å²) >= 11 is 0. The first-order valence-corrected chi connectivity index (χ1v) is 6.80. The van der Waals surface area contributed by atoms with Gasteiger partial charge in [-0.25, -0.2) is 9.59 Å². The Hall–Kier alpha value is -1.34. The molecule has 1 aliphatic heterocycles. The second-order valence-corrected chi connectivity index (χ2v) is 5.95. The fraction of sp³-hybridized carbons (Fsp3) is 0.846. The summed E-state index contributed by atoms with van der Waals surface area (Å²) in [4.78, 5) is 26.0. The molecule has 0 aromatic carbocycles. The van der Waals surface area contributed by atoms with E-state index in [9.17, 15) is 14.7 Å². The predicted molar refractivity (Wildman–Crippen MR) is 72.5 cm³/mol. The maximum absolute atomic E-state index is 11.8. The lowest BCUT2D eigenvalue weighted by Gasteiger charge is -2.35. The average molecular weight is 288 g/mol. The van der Waals surface area contributed by atoms with E-state index in [1.165, 1.54) is 0 Å². The van der Waals surface area contributed by atoms with E-state index in [-0.39, 0.29) is 12.5 Å². The molecular formula is C13H24N2O5. The van der Waals surface area contributed by atoms with Gasteiger partial charge in [0.25, 0.3) is 0 Å². The number of aliphatic carboxylic acids is 1. The molecule has 1 unspecified atom stereocenters. The van der Waals surface area contributed by atoms with Crippen molar-refractivity contribution in [3.05, 3.63) is 0 Å². The minimum Gasteiger partial charge on any atom is -0.479 e. The summed E-state index contributed by atoms with van der Waals surface area (Å²) in [6, 6.07) is 0. The molecular weight excluding hydrogens is 264 g/mol. The Labute approximate surface area is 119 Å². The number of nitrogens with zero attached hydrogens (tertiary/aromatic N) is 2. The van der Waals surface area contributed by atoms with Crippen molar-refractivity contribution in [1.29, 1.82) is 0 Å². The SMILES string of the molecule is CC(C)(C)OC(=O)N1CCN(CCC(O)C(=O)O)CC1. The number of aliphatic hydroxyl groups is 1. The van der Waals surface area contributed by atoms with E-state index in [2.05, 4.69) is 0 Å². The van der Waals surface area contributed by atoms with E-state index in [4.69, 9.17) is 9.84 Å². The molecule has 0 radical (unpaired) electrons. The number of carboxylic acid groups (broad SMARTS) is 1. The van der Waals surface area contributed by atoms with Crippen molar-refractivity contribution in [2.75, 3.05) is 32.7 Å². The third kappa shape index (κ3) is 5.75. The number of hydrogen-bond acceptors (Lipinski definition) is 5. The third-order valence-corrected chi connectivity index (χ3v) is 3.03. The molecule has 0 aromatic heterocycles. The zero-order chi connectivity index (χ0) is 15.3. The van der Waals surface area contributed by atoms with Crippen molar-refractivity contribution in [1.82, 2.24) is 9.80 Å². The summed E-state index contributed by atoms with van der Waals surface area (Å²) in [6.45, 7) is 8.42. The highest BCUT2D eigenvalue weighted by molar-refractivity contribution is 5.71. The van der Waals surface area contributed by atoms with Crippen molar-refractivity contribution in [3.63, 3.8) is 0 Å². The number of hydrogen-bond donors (Lipinski definition) is 2. The number of aliphatic hydroxyl groups excluding tert-OH is 1. The Bertz CT molecular complexity index is 345. The van der Waals surface area contributed by atoms with Crippen molar-refractivity contribution >= 4 is 12.1 Å². The first kappa shape index (κ1) is 16.7. The van der Waals surface area contributed by atoms with E-state index in [0.29, 0.717) is 32.7 Å². The monoisotopic (exact) mass is 288 g/mol. The zero-order valence-electron chi connectivity index (χ0n) is 12.3. The van der Waals surface area contributed by atoms with Crippen LogP contribution < -0.4 is 0 Å². The predicted octanol–water partition coefficient (Wildman–Crippen LogP) is 0.375. The van der Waals surface area contributed by atoms with Gasteiger partial charge in [0.15, 0.2) is 6.10 Å². The Kier molecular flexibility index (Phi) is 5.76. The van der Waals surface area contributed by atoms with Gasteiger partial charge in [-0.15, -0.1) is 0 Å². The van der Waals surface area contributed by atoms with Gasteiger partial charge < -0.3 is 19.8 Å². The highest BCUT2D eigenvalue weighted by Gasteiger charge is 2.26. The van der Waals surface area contributed by atoms with Crippen LogP contribution >= 0.6 is 0 Å². The minimum atomic E-state index is -1.32. The van der Waals surface area contributed by atoms with Crippen LogP contribution in [0.25, 0.3) is 0 Å². The molecule has 0 spiro atoms. The molecule has 0 aliphatic carbocycles. The first-order chi connectivity index (χ1) is 9.19. The summed E-state index contributed by atoms with van der Waals surface area (Å²) in [6.07, 6.45) is -1.44. The quantitative estimate of drug-likeness (QED) is 0.777. The van der Waals surface area contributed by atoms with Crippen LogP contribution in [0.2, 0.25) is 0 Å². The van der Waals surface area contributed by atoms with Gasteiger partial charge in [0.05, 0.1) is 0 Å². The van der Waals surface area contributed by atoms with E-state index < -0.39 is 17.7 Å². The summed E-state index contributed by atoms with van der Waals surface area (Å²) < 4.78 is 5.29. The number of carbonyl (C=O) groups excluding carboxylic acids is 1. The average Bonchev–Trinajstić information content (AvgIpc) is 2.34. The lowest BCUT2D eigenvalue weighted by Crippen LogP contribution is -2.50. The van der Waals surface area contributed by atoms with Crippen molar-refractivity contribution in [2.45, 2.75) is 38.9 Å². The highest BCUT2D eigenvalue weighted by Crippen LogP contribution is 2.12. The largest absolute Gasteiger partial charge is 0.479 e. The molecule has 1 heterocycles. The molecule has 7 heteroatoms. The van der Waals surface area contributed by atoms with Crippen LogP contribution in [0.3, 0.4) is 0 Å². The van der Waals surface area contributed by atoms with Gasteiger partial charge in [-0.1, -0.05) is 0 Å².